The Morgan fingerprint density at radius 2 is 1.86 bits per heavy atom. The van der Waals surface area contributed by atoms with Crippen molar-refractivity contribution >= 4 is 11.8 Å². The van der Waals surface area contributed by atoms with E-state index in [1.165, 1.54) is 24.3 Å². The Bertz CT molecular complexity index is 496. The zero-order valence-corrected chi connectivity index (χ0v) is 11.8. The second kappa shape index (κ2) is 7.06. The summed E-state index contributed by atoms with van der Waals surface area (Å²) in [6.45, 7) is 1.37. The Labute approximate surface area is 122 Å². The fourth-order valence-electron chi connectivity index (χ4n) is 2.36. The lowest BCUT2D eigenvalue weighted by molar-refractivity contribution is -0.135. The Balaban J connectivity index is 1.70. The Morgan fingerprint density at radius 3 is 2.43 bits per heavy atom. The van der Waals surface area contributed by atoms with Crippen LogP contribution in [0.15, 0.2) is 24.3 Å². The van der Waals surface area contributed by atoms with Crippen molar-refractivity contribution in [2.75, 3.05) is 19.7 Å². The highest BCUT2D eigenvalue weighted by molar-refractivity contribution is 5.78. The van der Waals surface area contributed by atoms with Gasteiger partial charge in [-0.05, 0) is 37.1 Å². The molecular formula is C15H19FN2O3. The van der Waals surface area contributed by atoms with E-state index in [4.69, 9.17) is 10.5 Å². The number of hydrogen-bond donors (Lipinski definition) is 1. The summed E-state index contributed by atoms with van der Waals surface area (Å²) in [6, 6.07) is 5.67. The maximum absolute atomic E-state index is 12.7. The molecule has 5 nitrogen and oxygen atoms in total. The van der Waals surface area contributed by atoms with Gasteiger partial charge in [0.05, 0.1) is 13.0 Å². The first-order valence-electron chi connectivity index (χ1n) is 7.01. The number of halogens is 1. The highest BCUT2D eigenvalue weighted by Crippen LogP contribution is 2.17. The average Bonchev–Trinajstić information content (AvgIpc) is 2.49. The highest BCUT2D eigenvalue weighted by Gasteiger charge is 2.25. The van der Waals surface area contributed by atoms with E-state index in [9.17, 15) is 14.0 Å². The van der Waals surface area contributed by atoms with Gasteiger partial charge >= 0.3 is 0 Å². The van der Waals surface area contributed by atoms with Crippen LogP contribution < -0.4 is 10.5 Å². The summed E-state index contributed by atoms with van der Waals surface area (Å²) in [6.07, 6.45) is 1.51. The van der Waals surface area contributed by atoms with Gasteiger partial charge in [0.2, 0.25) is 11.8 Å². The van der Waals surface area contributed by atoms with E-state index in [0.717, 1.165) is 0 Å². The van der Waals surface area contributed by atoms with Crippen molar-refractivity contribution in [3.05, 3.63) is 30.1 Å². The standard InChI is InChI=1S/C15H19FN2O3/c16-12-1-3-13(4-2-12)21-10-7-14(19)18-8-5-11(6-9-18)15(17)20/h1-4,11H,5-10H2,(H2,17,20). The number of nitrogens with zero attached hydrogens (tertiary/aromatic N) is 1. The third-order valence-corrected chi connectivity index (χ3v) is 3.65. The van der Waals surface area contributed by atoms with Gasteiger partial charge in [0.15, 0.2) is 0 Å². The summed E-state index contributed by atoms with van der Waals surface area (Å²) < 4.78 is 18.1. The lowest BCUT2D eigenvalue weighted by Gasteiger charge is -2.30. The van der Waals surface area contributed by atoms with E-state index >= 15 is 0 Å². The van der Waals surface area contributed by atoms with E-state index < -0.39 is 0 Å². The van der Waals surface area contributed by atoms with Gasteiger partial charge in [0, 0.05) is 19.0 Å². The van der Waals surface area contributed by atoms with Gasteiger partial charge in [0.1, 0.15) is 11.6 Å². The van der Waals surface area contributed by atoms with Crippen LogP contribution in [0, 0.1) is 11.7 Å². The molecule has 1 saturated heterocycles. The number of amides is 2. The number of rotatable bonds is 5. The zero-order chi connectivity index (χ0) is 15.2. The van der Waals surface area contributed by atoms with Gasteiger partial charge in [-0.1, -0.05) is 0 Å². The smallest absolute Gasteiger partial charge is 0.225 e. The van der Waals surface area contributed by atoms with E-state index in [2.05, 4.69) is 0 Å². The first-order valence-corrected chi connectivity index (χ1v) is 7.01. The second-order valence-electron chi connectivity index (χ2n) is 5.11. The van der Waals surface area contributed by atoms with Gasteiger partial charge in [-0.15, -0.1) is 0 Å². The van der Waals surface area contributed by atoms with Crippen molar-refractivity contribution in [2.45, 2.75) is 19.3 Å². The van der Waals surface area contributed by atoms with Crippen molar-refractivity contribution < 1.29 is 18.7 Å². The fourth-order valence-corrected chi connectivity index (χ4v) is 2.36. The molecule has 0 aromatic heterocycles. The van der Waals surface area contributed by atoms with E-state index in [1.807, 2.05) is 0 Å². The maximum Gasteiger partial charge on any atom is 0.225 e. The highest BCUT2D eigenvalue weighted by atomic mass is 19.1. The number of carbonyl (C=O) groups excluding carboxylic acids is 2. The third-order valence-electron chi connectivity index (χ3n) is 3.65. The van der Waals surface area contributed by atoms with Crippen LogP contribution in [0.1, 0.15) is 19.3 Å². The first-order chi connectivity index (χ1) is 10.1. The van der Waals surface area contributed by atoms with Crippen molar-refractivity contribution in [3.8, 4) is 5.75 Å². The molecule has 2 rings (SSSR count). The van der Waals surface area contributed by atoms with Gasteiger partial charge in [-0.2, -0.15) is 0 Å². The van der Waals surface area contributed by atoms with Gasteiger partial charge in [-0.25, -0.2) is 4.39 Å². The fraction of sp³-hybridized carbons (Fsp3) is 0.467. The second-order valence-corrected chi connectivity index (χ2v) is 5.11. The molecule has 1 fully saturated rings. The molecule has 114 valence electrons. The third kappa shape index (κ3) is 4.44. The molecule has 0 bridgehead atoms. The molecule has 0 unspecified atom stereocenters. The number of primary amides is 1. The summed E-state index contributed by atoms with van der Waals surface area (Å²) in [7, 11) is 0. The molecule has 1 aromatic rings. The molecular weight excluding hydrogens is 275 g/mol. The largest absolute Gasteiger partial charge is 0.493 e. The summed E-state index contributed by atoms with van der Waals surface area (Å²) in [4.78, 5) is 24.8. The van der Waals surface area contributed by atoms with Crippen LogP contribution >= 0.6 is 0 Å². The molecule has 21 heavy (non-hydrogen) atoms. The quantitative estimate of drug-likeness (QED) is 0.890. The van der Waals surface area contributed by atoms with Gasteiger partial charge in [-0.3, -0.25) is 9.59 Å². The van der Waals surface area contributed by atoms with Crippen LogP contribution in [-0.2, 0) is 9.59 Å². The predicted molar refractivity (Wildman–Crippen MR) is 75.0 cm³/mol. The maximum atomic E-state index is 12.7. The molecule has 2 N–H and O–H groups in total. The molecule has 2 amide bonds. The monoisotopic (exact) mass is 294 g/mol. The molecule has 0 aliphatic carbocycles. The van der Waals surface area contributed by atoms with Crippen LogP contribution in [0.25, 0.3) is 0 Å². The molecule has 1 aliphatic rings. The summed E-state index contributed by atoms with van der Waals surface area (Å²) in [5, 5.41) is 0. The Kier molecular flexibility index (Phi) is 5.14. The summed E-state index contributed by atoms with van der Waals surface area (Å²) in [5.41, 5.74) is 5.25. The number of nitrogens with two attached hydrogens (primary N) is 1. The van der Waals surface area contributed by atoms with E-state index in [0.29, 0.717) is 31.7 Å². The predicted octanol–water partition coefficient (Wildman–Crippen LogP) is 1.32. The SMILES string of the molecule is NC(=O)C1CCN(C(=O)CCOc2ccc(F)cc2)CC1. The number of ether oxygens (including phenoxy) is 1. The minimum Gasteiger partial charge on any atom is -0.493 e. The van der Waals surface area contributed by atoms with Crippen LogP contribution in [0.3, 0.4) is 0 Å². The number of benzene rings is 1. The molecule has 0 radical (unpaired) electrons. The topological polar surface area (TPSA) is 72.6 Å². The zero-order valence-electron chi connectivity index (χ0n) is 11.8. The molecule has 0 saturated carbocycles. The van der Waals surface area contributed by atoms with Crippen molar-refractivity contribution in [1.29, 1.82) is 0 Å². The molecule has 0 atom stereocenters. The summed E-state index contributed by atoms with van der Waals surface area (Å²) in [5.74, 6) is -0.196. The lowest BCUT2D eigenvalue weighted by Crippen LogP contribution is -2.42. The van der Waals surface area contributed by atoms with Gasteiger partial charge < -0.3 is 15.4 Å². The number of likely N-dealkylation sites (tertiary alicyclic amines) is 1. The average molecular weight is 294 g/mol. The molecule has 1 aromatic carbocycles. The molecule has 1 aliphatic heterocycles. The van der Waals surface area contributed by atoms with E-state index in [1.54, 1.807) is 4.90 Å². The van der Waals surface area contributed by atoms with Crippen LogP contribution in [0.4, 0.5) is 4.39 Å². The van der Waals surface area contributed by atoms with Crippen LogP contribution in [0.2, 0.25) is 0 Å². The van der Waals surface area contributed by atoms with Gasteiger partial charge in [0.25, 0.3) is 0 Å². The lowest BCUT2D eigenvalue weighted by atomic mass is 9.96. The Morgan fingerprint density at radius 1 is 1.24 bits per heavy atom. The molecule has 0 spiro atoms. The van der Waals surface area contributed by atoms with Crippen molar-refractivity contribution in [1.82, 2.24) is 4.90 Å². The number of carbonyl (C=O) groups is 2. The van der Waals surface area contributed by atoms with Crippen LogP contribution in [0.5, 0.6) is 5.75 Å². The summed E-state index contributed by atoms with van der Waals surface area (Å²) >= 11 is 0. The molecule has 6 heteroatoms. The van der Waals surface area contributed by atoms with Crippen LogP contribution in [-0.4, -0.2) is 36.4 Å². The van der Waals surface area contributed by atoms with Crippen molar-refractivity contribution in [3.63, 3.8) is 0 Å². The van der Waals surface area contributed by atoms with Crippen molar-refractivity contribution in [2.24, 2.45) is 11.7 Å². The number of piperidine rings is 1. The van der Waals surface area contributed by atoms with E-state index in [-0.39, 0.29) is 36.6 Å². The minimum atomic E-state index is -0.323. The normalized spacial score (nSPS) is 15.8. The molecule has 1 heterocycles. The minimum absolute atomic E-state index is 0.0000297. The first kappa shape index (κ1) is 15.3. The number of hydrogen-bond acceptors (Lipinski definition) is 3. The Hall–Kier alpha value is -2.11.